The maximum absolute atomic E-state index is 5.80. The van der Waals surface area contributed by atoms with Crippen LogP contribution in [0.2, 0.25) is 5.28 Å². The molecule has 1 aromatic heterocycles. The van der Waals surface area contributed by atoms with Crippen molar-refractivity contribution in [3.8, 4) is 0 Å². The second kappa shape index (κ2) is 7.22. The Hall–Kier alpha value is -1.10. The molecule has 0 saturated carbocycles. The molecule has 0 bridgehead atoms. The largest absolute Gasteiger partial charge is 0.354 e. The van der Waals surface area contributed by atoms with E-state index in [-0.39, 0.29) is 5.28 Å². The maximum atomic E-state index is 5.80. The Morgan fingerprint density at radius 2 is 1.56 bits per heavy atom. The van der Waals surface area contributed by atoms with Crippen molar-refractivity contribution in [2.24, 2.45) is 0 Å². The molecular weight excluding hydrogens is 226 g/mol. The van der Waals surface area contributed by atoms with Crippen molar-refractivity contribution in [3.63, 3.8) is 0 Å². The smallest absolute Gasteiger partial charge is 0.228 e. The minimum absolute atomic E-state index is 0.215. The van der Waals surface area contributed by atoms with E-state index in [1.54, 1.807) is 0 Å². The first-order chi connectivity index (χ1) is 7.76. The molecule has 0 saturated heterocycles. The second-order valence-corrected chi connectivity index (χ2v) is 3.80. The van der Waals surface area contributed by atoms with E-state index in [4.69, 9.17) is 11.6 Å². The fourth-order valence-corrected chi connectivity index (χ4v) is 1.28. The third kappa shape index (κ3) is 4.61. The average Bonchev–Trinajstić information content (AvgIpc) is 2.26. The van der Waals surface area contributed by atoms with Crippen molar-refractivity contribution < 1.29 is 0 Å². The number of nitrogens with zero attached hydrogens (tertiary/aromatic N) is 3. The van der Waals surface area contributed by atoms with Crippen molar-refractivity contribution in [2.45, 2.75) is 33.1 Å². The van der Waals surface area contributed by atoms with Crippen LogP contribution in [0.4, 0.5) is 11.9 Å². The molecule has 16 heavy (non-hydrogen) atoms. The Bertz CT molecular complexity index is 318. The second-order valence-electron chi connectivity index (χ2n) is 3.46. The molecule has 2 N–H and O–H groups in total. The van der Waals surface area contributed by atoms with Gasteiger partial charge in [-0.2, -0.15) is 15.0 Å². The number of hydrogen-bond donors (Lipinski definition) is 2. The van der Waals surface area contributed by atoms with Crippen LogP contribution < -0.4 is 10.6 Å². The number of nitrogens with one attached hydrogen (secondary N) is 2. The minimum Gasteiger partial charge on any atom is -0.354 e. The summed E-state index contributed by atoms with van der Waals surface area (Å²) in [6, 6.07) is 0. The van der Waals surface area contributed by atoms with Crippen LogP contribution in [0.25, 0.3) is 0 Å². The highest BCUT2D eigenvalue weighted by Crippen LogP contribution is 2.09. The van der Waals surface area contributed by atoms with E-state index in [2.05, 4.69) is 39.4 Å². The summed E-state index contributed by atoms with van der Waals surface area (Å²) >= 11 is 5.80. The maximum Gasteiger partial charge on any atom is 0.228 e. The Labute approximate surface area is 101 Å². The van der Waals surface area contributed by atoms with E-state index in [1.165, 1.54) is 0 Å². The van der Waals surface area contributed by atoms with Crippen LogP contribution in [-0.4, -0.2) is 28.0 Å². The first-order valence-electron chi connectivity index (χ1n) is 5.65. The van der Waals surface area contributed by atoms with Crippen molar-refractivity contribution in [1.29, 1.82) is 0 Å². The Kier molecular flexibility index (Phi) is 5.85. The highest BCUT2D eigenvalue weighted by Gasteiger charge is 2.03. The summed E-state index contributed by atoms with van der Waals surface area (Å²) in [6.07, 6.45) is 3.23. The van der Waals surface area contributed by atoms with E-state index in [0.717, 1.165) is 32.4 Å². The Morgan fingerprint density at radius 1 is 0.938 bits per heavy atom. The number of hydrogen-bond acceptors (Lipinski definition) is 5. The quantitative estimate of drug-likeness (QED) is 0.721. The van der Waals surface area contributed by atoms with Gasteiger partial charge in [-0.15, -0.1) is 0 Å². The van der Waals surface area contributed by atoms with Gasteiger partial charge in [0.25, 0.3) is 0 Å². The molecule has 90 valence electrons. The highest BCUT2D eigenvalue weighted by molar-refractivity contribution is 6.28. The molecule has 0 aromatic carbocycles. The standard InChI is InChI=1S/C10H18ClN5/c1-3-5-7-13-10-15-8(11)14-9(16-10)12-6-4-2/h3-7H2,1-2H3,(H2,12,13,14,15,16). The van der Waals surface area contributed by atoms with Gasteiger partial charge in [0, 0.05) is 13.1 Å². The molecule has 1 heterocycles. The topological polar surface area (TPSA) is 62.7 Å². The van der Waals surface area contributed by atoms with Crippen LogP contribution in [0.1, 0.15) is 33.1 Å². The summed E-state index contributed by atoms with van der Waals surface area (Å²) in [5.74, 6) is 1.06. The van der Waals surface area contributed by atoms with E-state index in [0.29, 0.717) is 11.9 Å². The molecule has 0 amide bonds. The first kappa shape index (κ1) is 13.0. The number of aromatic nitrogens is 3. The summed E-state index contributed by atoms with van der Waals surface area (Å²) in [6.45, 7) is 5.89. The van der Waals surface area contributed by atoms with Gasteiger partial charge in [-0.25, -0.2) is 0 Å². The molecule has 0 atom stereocenters. The molecule has 5 nitrogen and oxygen atoms in total. The fourth-order valence-electron chi connectivity index (χ4n) is 1.12. The molecule has 0 fully saturated rings. The van der Waals surface area contributed by atoms with Gasteiger partial charge in [-0.05, 0) is 24.4 Å². The highest BCUT2D eigenvalue weighted by atomic mass is 35.5. The zero-order valence-electron chi connectivity index (χ0n) is 9.76. The normalized spacial score (nSPS) is 10.2. The molecule has 0 radical (unpaired) electrons. The van der Waals surface area contributed by atoms with E-state index in [1.807, 2.05) is 0 Å². The average molecular weight is 244 g/mol. The Balaban J connectivity index is 2.58. The van der Waals surface area contributed by atoms with Gasteiger partial charge in [0.1, 0.15) is 0 Å². The third-order valence-corrected chi connectivity index (χ3v) is 2.12. The van der Waals surface area contributed by atoms with Crippen LogP contribution in [0.3, 0.4) is 0 Å². The Morgan fingerprint density at radius 3 is 2.12 bits per heavy atom. The SMILES string of the molecule is CCCCNc1nc(Cl)nc(NCCC)n1. The van der Waals surface area contributed by atoms with Crippen molar-refractivity contribution >= 4 is 23.5 Å². The van der Waals surface area contributed by atoms with Crippen molar-refractivity contribution in [1.82, 2.24) is 15.0 Å². The summed E-state index contributed by atoms with van der Waals surface area (Å²) in [5.41, 5.74) is 0. The van der Waals surface area contributed by atoms with Gasteiger partial charge in [-0.3, -0.25) is 0 Å². The lowest BCUT2D eigenvalue weighted by molar-refractivity contribution is 0.823. The zero-order chi connectivity index (χ0) is 11.8. The molecule has 6 heteroatoms. The molecule has 0 aliphatic heterocycles. The van der Waals surface area contributed by atoms with Gasteiger partial charge < -0.3 is 10.6 Å². The van der Waals surface area contributed by atoms with Crippen LogP contribution >= 0.6 is 11.6 Å². The lowest BCUT2D eigenvalue weighted by Gasteiger charge is -2.07. The number of halogens is 1. The summed E-state index contributed by atoms with van der Waals surface area (Å²) in [4.78, 5) is 12.2. The van der Waals surface area contributed by atoms with Gasteiger partial charge in [0.05, 0.1) is 0 Å². The molecule has 1 aromatic rings. The lowest BCUT2D eigenvalue weighted by atomic mass is 10.3. The van der Waals surface area contributed by atoms with Crippen LogP contribution in [0.5, 0.6) is 0 Å². The summed E-state index contributed by atoms with van der Waals surface area (Å²) < 4.78 is 0. The van der Waals surface area contributed by atoms with Crippen LogP contribution in [-0.2, 0) is 0 Å². The summed E-state index contributed by atoms with van der Waals surface area (Å²) in [7, 11) is 0. The van der Waals surface area contributed by atoms with E-state index in [9.17, 15) is 0 Å². The third-order valence-electron chi connectivity index (χ3n) is 1.95. The van der Waals surface area contributed by atoms with Crippen molar-refractivity contribution in [3.05, 3.63) is 5.28 Å². The van der Waals surface area contributed by atoms with Crippen LogP contribution in [0.15, 0.2) is 0 Å². The molecule has 0 aliphatic rings. The van der Waals surface area contributed by atoms with E-state index < -0.39 is 0 Å². The lowest BCUT2D eigenvalue weighted by Crippen LogP contribution is -2.10. The molecule has 0 unspecified atom stereocenters. The number of rotatable bonds is 7. The molecule has 1 rings (SSSR count). The first-order valence-corrected chi connectivity index (χ1v) is 6.03. The van der Waals surface area contributed by atoms with E-state index >= 15 is 0 Å². The molecule has 0 spiro atoms. The molecule has 0 aliphatic carbocycles. The van der Waals surface area contributed by atoms with Gasteiger partial charge >= 0.3 is 0 Å². The minimum atomic E-state index is 0.215. The van der Waals surface area contributed by atoms with Crippen LogP contribution in [0, 0.1) is 0 Å². The fraction of sp³-hybridized carbons (Fsp3) is 0.700. The zero-order valence-corrected chi connectivity index (χ0v) is 10.5. The monoisotopic (exact) mass is 243 g/mol. The van der Waals surface area contributed by atoms with Gasteiger partial charge in [0.2, 0.25) is 17.2 Å². The number of unbranched alkanes of at least 4 members (excludes halogenated alkanes) is 1. The predicted octanol–water partition coefficient (Wildman–Crippen LogP) is 2.56. The van der Waals surface area contributed by atoms with Crippen molar-refractivity contribution in [2.75, 3.05) is 23.7 Å². The van der Waals surface area contributed by atoms with Gasteiger partial charge in [-0.1, -0.05) is 20.3 Å². The predicted molar refractivity (Wildman–Crippen MR) is 67.0 cm³/mol. The number of anilines is 2. The summed E-state index contributed by atoms with van der Waals surface area (Å²) in [5, 5.41) is 6.41. The molecular formula is C10H18ClN5. The van der Waals surface area contributed by atoms with Gasteiger partial charge in [0.15, 0.2) is 0 Å².